The predicted molar refractivity (Wildman–Crippen MR) is 202 cm³/mol. The Balaban J connectivity index is 1.19. The highest BCUT2D eigenvalue weighted by molar-refractivity contribution is 6.26. The van der Waals surface area contributed by atoms with Gasteiger partial charge in [-0.3, -0.25) is 0 Å². The van der Waals surface area contributed by atoms with Crippen molar-refractivity contribution >= 4 is 87.0 Å². The summed E-state index contributed by atoms with van der Waals surface area (Å²) in [6.07, 6.45) is 0. The lowest BCUT2D eigenvalue weighted by molar-refractivity contribution is 0.664. The summed E-state index contributed by atoms with van der Waals surface area (Å²) in [5, 5.41) is 14.0. The van der Waals surface area contributed by atoms with Crippen molar-refractivity contribution in [2.24, 2.45) is 0 Å². The van der Waals surface area contributed by atoms with Gasteiger partial charge in [-0.05, 0) is 90.3 Å². The summed E-state index contributed by atoms with van der Waals surface area (Å²) < 4.78 is 13.3. The summed E-state index contributed by atoms with van der Waals surface area (Å²) in [4.78, 5) is 0. The maximum Gasteiger partial charge on any atom is 0.147 e. The van der Waals surface area contributed by atoms with Crippen molar-refractivity contribution in [3.63, 3.8) is 0 Å². The molecule has 48 heavy (non-hydrogen) atoms. The Bertz CT molecular complexity index is 3060. The summed E-state index contributed by atoms with van der Waals surface area (Å²) >= 11 is 0. The van der Waals surface area contributed by atoms with Crippen LogP contribution in [0.15, 0.2) is 167 Å². The summed E-state index contributed by atoms with van der Waals surface area (Å²) in [6, 6.07) is 56.6. The SMILES string of the molecule is c1ccc2c(-c3c4ccccc4c(-c4ccc5c(c4)oc4ccc6c7ccc8ccccc8c7oc6c45)c4ccccc34)cccc2c1. The minimum atomic E-state index is 0.832. The van der Waals surface area contributed by atoms with Crippen molar-refractivity contribution in [2.75, 3.05) is 0 Å². The molecule has 0 aliphatic carbocycles. The number of rotatable bonds is 2. The van der Waals surface area contributed by atoms with Crippen LogP contribution in [0.2, 0.25) is 0 Å². The van der Waals surface area contributed by atoms with Gasteiger partial charge in [0.2, 0.25) is 0 Å². The van der Waals surface area contributed by atoms with Gasteiger partial charge in [-0.15, -0.1) is 0 Å². The van der Waals surface area contributed by atoms with Gasteiger partial charge in [-0.1, -0.05) is 127 Å². The smallest absolute Gasteiger partial charge is 0.147 e. The van der Waals surface area contributed by atoms with Gasteiger partial charge in [-0.25, -0.2) is 0 Å². The normalized spacial score (nSPS) is 12.2. The summed E-state index contributed by atoms with van der Waals surface area (Å²) in [5.41, 5.74) is 8.35. The van der Waals surface area contributed by atoms with E-state index in [2.05, 4.69) is 158 Å². The van der Waals surface area contributed by atoms with E-state index in [1.807, 2.05) is 0 Å². The Morgan fingerprint density at radius 2 is 0.875 bits per heavy atom. The number of furan rings is 2. The van der Waals surface area contributed by atoms with Crippen molar-refractivity contribution in [3.8, 4) is 22.3 Å². The van der Waals surface area contributed by atoms with E-state index in [0.717, 1.165) is 54.8 Å². The van der Waals surface area contributed by atoms with Crippen LogP contribution in [0.3, 0.4) is 0 Å². The van der Waals surface area contributed by atoms with Crippen molar-refractivity contribution in [3.05, 3.63) is 158 Å². The lowest BCUT2D eigenvalue weighted by Crippen LogP contribution is -1.91. The van der Waals surface area contributed by atoms with Crippen molar-refractivity contribution in [2.45, 2.75) is 0 Å². The second-order valence-electron chi connectivity index (χ2n) is 12.8. The molecule has 0 aliphatic rings. The molecule has 2 heteroatoms. The number of benzene rings is 9. The van der Waals surface area contributed by atoms with Gasteiger partial charge in [0.05, 0.1) is 5.39 Å². The van der Waals surface area contributed by atoms with Gasteiger partial charge in [0.15, 0.2) is 0 Å². The summed E-state index contributed by atoms with van der Waals surface area (Å²) in [7, 11) is 0. The minimum absolute atomic E-state index is 0.832. The average molecular weight is 611 g/mol. The van der Waals surface area contributed by atoms with Gasteiger partial charge in [0, 0.05) is 21.5 Å². The Hall–Kier alpha value is -6.38. The monoisotopic (exact) mass is 610 g/mol. The lowest BCUT2D eigenvalue weighted by atomic mass is 9.84. The zero-order valence-electron chi connectivity index (χ0n) is 25.8. The molecule has 0 saturated heterocycles. The van der Waals surface area contributed by atoms with Crippen molar-refractivity contribution in [1.82, 2.24) is 0 Å². The third-order valence-corrected chi connectivity index (χ3v) is 10.2. The highest BCUT2D eigenvalue weighted by Gasteiger charge is 2.21. The fraction of sp³-hybridized carbons (Fsp3) is 0. The van der Waals surface area contributed by atoms with Crippen LogP contribution in [0, 0.1) is 0 Å². The van der Waals surface area contributed by atoms with E-state index in [0.29, 0.717) is 0 Å². The quantitative estimate of drug-likeness (QED) is 0.182. The average Bonchev–Trinajstić information content (AvgIpc) is 3.72. The molecule has 0 atom stereocenters. The van der Waals surface area contributed by atoms with Crippen LogP contribution in [0.1, 0.15) is 0 Å². The molecule has 0 bridgehead atoms. The molecule has 0 aliphatic heterocycles. The van der Waals surface area contributed by atoms with Crippen LogP contribution in [0.5, 0.6) is 0 Å². The molecule has 9 aromatic carbocycles. The molecule has 0 saturated carbocycles. The molecule has 0 unspecified atom stereocenters. The molecular weight excluding hydrogens is 585 g/mol. The first-order chi connectivity index (χ1) is 23.8. The molecule has 2 nitrogen and oxygen atoms in total. The van der Waals surface area contributed by atoms with Crippen LogP contribution in [-0.4, -0.2) is 0 Å². The Morgan fingerprint density at radius 1 is 0.312 bits per heavy atom. The topological polar surface area (TPSA) is 26.3 Å². The summed E-state index contributed by atoms with van der Waals surface area (Å²) in [5.74, 6) is 0. The highest BCUT2D eigenvalue weighted by atomic mass is 16.3. The molecule has 2 heterocycles. The van der Waals surface area contributed by atoms with E-state index in [1.165, 1.54) is 54.4 Å². The molecule has 0 N–H and O–H groups in total. The first-order valence-electron chi connectivity index (χ1n) is 16.4. The van der Waals surface area contributed by atoms with Gasteiger partial charge in [-0.2, -0.15) is 0 Å². The Morgan fingerprint density at radius 3 is 1.62 bits per heavy atom. The van der Waals surface area contributed by atoms with Gasteiger partial charge in [0.1, 0.15) is 22.3 Å². The Labute approximate surface area is 275 Å². The van der Waals surface area contributed by atoms with E-state index in [9.17, 15) is 0 Å². The maximum absolute atomic E-state index is 6.70. The van der Waals surface area contributed by atoms with Gasteiger partial charge < -0.3 is 8.83 Å². The van der Waals surface area contributed by atoms with Gasteiger partial charge >= 0.3 is 0 Å². The van der Waals surface area contributed by atoms with E-state index < -0.39 is 0 Å². The molecular formula is C46H26O2. The first-order valence-corrected chi connectivity index (χ1v) is 16.4. The molecule has 0 radical (unpaired) electrons. The van der Waals surface area contributed by atoms with Crippen molar-refractivity contribution < 1.29 is 8.83 Å². The standard InChI is InChI=1S/C46H26O2/c1-3-13-30-27(10-1)12-9-19-32(30)43-35-17-7-5-15-33(35)42(34-16-6-8-18-36(34)43)29-21-23-39-41(26-29)47-40-25-24-38-37-22-20-28-11-2-4-14-31(28)45(37)48-46(38)44(39)40/h1-26H. The maximum atomic E-state index is 6.70. The third kappa shape index (κ3) is 3.46. The second-order valence-corrected chi connectivity index (χ2v) is 12.8. The largest absolute Gasteiger partial charge is 0.456 e. The molecule has 11 aromatic rings. The zero-order valence-corrected chi connectivity index (χ0v) is 25.8. The second kappa shape index (κ2) is 9.57. The van der Waals surface area contributed by atoms with E-state index >= 15 is 0 Å². The van der Waals surface area contributed by atoms with E-state index in [4.69, 9.17) is 8.83 Å². The highest BCUT2D eigenvalue weighted by Crippen LogP contribution is 2.47. The van der Waals surface area contributed by atoms with Crippen LogP contribution in [0.25, 0.3) is 109 Å². The first kappa shape index (κ1) is 25.8. The van der Waals surface area contributed by atoms with Crippen LogP contribution >= 0.6 is 0 Å². The molecule has 11 rings (SSSR count). The molecule has 0 amide bonds. The number of fused-ring (bicyclic) bond motifs is 12. The zero-order chi connectivity index (χ0) is 31.3. The third-order valence-electron chi connectivity index (χ3n) is 10.2. The van der Waals surface area contributed by atoms with Crippen LogP contribution < -0.4 is 0 Å². The number of hydrogen-bond donors (Lipinski definition) is 0. The molecule has 2 aromatic heterocycles. The predicted octanol–water partition coefficient (Wildman–Crippen LogP) is 13.4. The van der Waals surface area contributed by atoms with Crippen molar-refractivity contribution in [1.29, 1.82) is 0 Å². The van der Waals surface area contributed by atoms with Gasteiger partial charge in [0.25, 0.3) is 0 Å². The van der Waals surface area contributed by atoms with E-state index in [-0.39, 0.29) is 0 Å². The lowest BCUT2D eigenvalue weighted by Gasteiger charge is -2.18. The van der Waals surface area contributed by atoms with Crippen LogP contribution in [0.4, 0.5) is 0 Å². The fourth-order valence-corrected chi connectivity index (χ4v) is 8.15. The minimum Gasteiger partial charge on any atom is -0.456 e. The number of hydrogen-bond acceptors (Lipinski definition) is 2. The molecule has 222 valence electrons. The molecule has 0 fully saturated rings. The molecule has 0 spiro atoms. The summed E-state index contributed by atoms with van der Waals surface area (Å²) in [6.45, 7) is 0. The van der Waals surface area contributed by atoms with E-state index in [1.54, 1.807) is 0 Å². The van der Waals surface area contributed by atoms with Crippen LogP contribution in [-0.2, 0) is 0 Å². The fourth-order valence-electron chi connectivity index (χ4n) is 8.15. The Kier molecular flexibility index (Phi) is 5.14.